The Bertz CT molecular complexity index is 709. The van der Waals surface area contributed by atoms with Crippen LogP contribution in [0.4, 0.5) is 11.4 Å². The van der Waals surface area contributed by atoms with Gasteiger partial charge in [-0.25, -0.2) is 0 Å². The summed E-state index contributed by atoms with van der Waals surface area (Å²) in [5.74, 6) is 1.37. The van der Waals surface area contributed by atoms with Crippen LogP contribution in [-0.2, 0) is 16.0 Å². The lowest BCUT2D eigenvalue weighted by molar-refractivity contribution is -0.116. The Morgan fingerprint density at radius 1 is 1.12 bits per heavy atom. The molecule has 2 aromatic rings. The van der Waals surface area contributed by atoms with E-state index in [-0.39, 0.29) is 5.91 Å². The maximum absolute atomic E-state index is 12.1. The van der Waals surface area contributed by atoms with Gasteiger partial charge in [-0.15, -0.1) is 0 Å². The van der Waals surface area contributed by atoms with Crippen molar-refractivity contribution in [1.29, 1.82) is 0 Å². The van der Waals surface area contributed by atoms with Gasteiger partial charge in [0.1, 0.15) is 5.75 Å². The summed E-state index contributed by atoms with van der Waals surface area (Å²) in [4.78, 5) is 12.1. The van der Waals surface area contributed by atoms with Gasteiger partial charge in [0.25, 0.3) is 0 Å². The van der Waals surface area contributed by atoms with Crippen molar-refractivity contribution in [2.24, 2.45) is 5.92 Å². The fourth-order valence-corrected chi connectivity index (χ4v) is 3.00. The molecular weight excluding hydrogens is 328 g/mol. The van der Waals surface area contributed by atoms with Gasteiger partial charge in [-0.3, -0.25) is 4.79 Å². The highest BCUT2D eigenvalue weighted by Gasteiger charge is 2.14. The van der Waals surface area contributed by atoms with Crippen molar-refractivity contribution < 1.29 is 14.3 Å². The highest BCUT2D eigenvalue weighted by molar-refractivity contribution is 5.90. The monoisotopic (exact) mass is 354 g/mol. The van der Waals surface area contributed by atoms with Crippen LogP contribution in [0.25, 0.3) is 0 Å². The van der Waals surface area contributed by atoms with E-state index in [0.717, 1.165) is 48.7 Å². The molecule has 0 atom stereocenters. The molecule has 0 bridgehead atoms. The molecule has 0 aliphatic carbocycles. The second-order valence-corrected chi connectivity index (χ2v) is 6.64. The maximum Gasteiger partial charge on any atom is 0.224 e. The average molecular weight is 354 g/mol. The number of nitrogen functional groups attached to an aromatic ring is 1. The molecule has 3 rings (SSSR count). The van der Waals surface area contributed by atoms with Gasteiger partial charge in [0.2, 0.25) is 5.91 Å². The minimum absolute atomic E-state index is 0.0240. The van der Waals surface area contributed by atoms with Crippen molar-refractivity contribution in [2.75, 3.05) is 30.9 Å². The molecule has 5 heteroatoms. The molecule has 138 valence electrons. The predicted molar refractivity (Wildman–Crippen MR) is 103 cm³/mol. The summed E-state index contributed by atoms with van der Waals surface area (Å²) in [6.45, 7) is 2.37. The van der Waals surface area contributed by atoms with Crippen LogP contribution in [-0.4, -0.2) is 25.7 Å². The molecule has 1 saturated heterocycles. The Balaban J connectivity index is 1.43. The van der Waals surface area contributed by atoms with Gasteiger partial charge in [0.05, 0.1) is 6.61 Å². The highest BCUT2D eigenvalue weighted by Crippen LogP contribution is 2.20. The summed E-state index contributed by atoms with van der Waals surface area (Å²) in [6.07, 6.45) is 3.14. The fourth-order valence-electron chi connectivity index (χ4n) is 3.00. The second-order valence-electron chi connectivity index (χ2n) is 6.64. The number of nitrogens with one attached hydrogen (secondary N) is 1. The van der Waals surface area contributed by atoms with Crippen LogP contribution in [0, 0.1) is 5.92 Å². The van der Waals surface area contributed by atoms with Crippen LogP contribution < -0.4 is 15.8 Å². The molecule has 0 aromatic heterocycles. The summed E-state index contributed by atoms with van der Waals surface area (Å²) in [7, 11) is 0. The zero-order valence-corrected chi connectivity index (χ0v) is 14.9. The molecule has 1 amide bonds. The van der Waals surface area contributed by atoms with Crippen molar-refractivity contribution in [3.63, 3.8) is 0 Å². The summed E-state index contributed by atoms with van der Waals surface area (Å²) in [5.41, 5.74) is 8.41. The van der Waals surface area contributed by atoms with Gasteiger partial charge >= 0.3 is 0 Å². The van der Waals surface area contributed by atoms with Crippen LogP contribution >= 0.6 is 0 Å². The van der Waals surface area contributed by atoms with Gasteiger partial charge in [-0.05, 0) is 61.1 Å². The first kappa shape index (κ1) is 18.3. The first-order chi connectivity index (χ1) is 12.7. The van der Waals surface area contributed by atoms with E-state index >= 15 is 0 Å². The number of nitrogens with two attached hydrogens (primary N) is 1. The molecule has 3 N–H and O–H groups in total. The molecule has 0 saturated carbocycles. The van der Waals surface area contributed by atoms with Gasteiger partial charge in [-0.2, -0.15) is 0 Å². The summed E-state index contributed by atoms with van der Waals surface area (Å²) in [5, 5.41) is 2.91. The second kappa shape index (κ2) is 9.25. The number of hydrogen-bond donors (Lipinski definition) is 2. The molecular formula is C21H26N2O3. The lowest BCUT2D eigenvalue weighted by atomic mass is 10.0. The molecule has 1 aliphatic rings. The van der Waals surface area contributed by atoms with E-state index in [9.17, 15) is 4.79 Å². The van der Waals surface area contributed by atoms with Crippen molar-refractivity contribution in [3.8, 4) is 5.75 Å². The number of carbonyl (C=O) groups excluding carboxylic acids is 1. The number of carbonyl (C=O) groups is 1. The zero-order chi connectivity index (χ0) is 18.2. The van der Waals surface area contributed by atoms with E-state index < -0.39 is 0 Å². The number of hydrogen-bond acceptors (Lipinski definition) is 4. The third-order valence-electron chi connectivity index (χ3n) is 4.64. The number of amides is 1. The number of ether oxygens (including phenoxy) is 2. The summed E-state index contributed by atoms with van der Waals surface area (Å²) < 4.78 is 11.2. The normalized spacial score (nSPS) is 14.8. The van der Waals surface area contributed by atoms with Crippen molar-refractivity contribution >= 4 is 17.3 Å². The summed E-state index contributed by atoms with van der Waals surface area (Å²) >= 11 is 0. The topological polar surface area (TPSA) is 73.6 Å². The number of anilines is 2. The summed E-state index contributed by atoms with van der Waals surface area (Å²) in [6, 6.07) is 15.2. The molecule has 0 radical (unpaired) electrons. The first-order valence-corrected chi connectivity index (χ1v) is 9.14. The van der Waals surface area contributed by atoms with Crippen molar-refractivity contribution in [2.45, 2.75) is 25.7 Å². The van der Waals surface area contributed by atoms with Gasteiger partial charge < -0.3 is 20.5 Å². The average Bonchev–Trinajstić information content (AvgIpc) is 2.68. The standard InChI is InChI=1S/C21H26N2O3/c22-20-4-2-1-3-17(20)5-10-21(24)23-18-6-8-19(9-7-18)26-15-16-11-13-25-14-12-16/h1-4,6-9,16H,5,10-15,22H2,(H,23,24). The van der Waals surface area contributed by atoms with Crippen LogP contribution in [0.5, 0.6) is 5.75 Å². The Morgan fingerprint density at radius 3 is 2.58 bits per heavy atom. The fraction of sp³-hybridized carbons (Fsp3) is 0.381. The highest BCUT2D eigenvalue weighted by atomic mass is 16.5. The van der Waals surface area contributed by atoms with Gasteiger partial charge in [0.15, 0.2) is 0 Å². The van der Waals surface area contributed by atoms with Gasteiger partial charge in [0, 0.05) is 31.0 Å². The molecule has 2 aromatic carbocycles. The number of aryl methyl sites for hydroxylation is 1. The van der Waals surface area contributed by atoms with Crippen LogP contribution in [0.15, 0.2) is 48.5 Å². The lowest BCUT2D eigenvalue weighted by Crippen LogP contribution is -2.21. The Hall–Kier alpha value is -2.53. The van der Waals surface area contributed by atoms with E-state index in [2.05, 4.69) is 5.32 Å². The first-order valence-electron chi connectivity index (χ1n) is 9.14. The minimum atomic E-state index is -0.0240. The molecule has 1 heterocycles. The van der Waals surface area contributed by atoms with E-state index in [1.807, 2.05) is 48.5 Å². The van der Waals surface area contributed by atoms with E-state index in [1.165, 1.54) is 0 Å². The Kier molecular flexibility index (Phi) is 6.50. The predicted octanol–water partition coefficient (Wildman–Crippen LogP) is 3.65. The Morgan fingerprint density at radius 2 is 1.85 bits per heavy atom. The van der Waals surface area contributed by atoms with Crippen LogP contribution in [0.2, 0.25) is 0 Å². The molecule has 26 heavy (non-hydrogen) atoms. The van der Waals surface area contributed by atoms with Crippen LogP contribution in [0.3, 0.4) is 0 Å². The van der Waals surface area contributed by atoms with E-state index in [1.54, 1.807) is 0 Å². The zero-order valence-electron chi connectivity index (χ0n) is 14.9. The van der Waals surface area contributed by atoms with E-state index in [0.29, 0.717) is 25.4 Å². The molecule has 1 fully saturated rings. The molecule has 1 aliphatic heterocycles. The molecule has 5 nitrogen and oxygen atoms in total. The number of benzene rings is 2. The van der Waals surface area contributed by atoms with Gasteiger partial charge in [-0.1, -0.05) is 18.2 Å². The quantitative estimate of drug-likeness (QED) is 0.745. The molecule has 0 unspecified atom stereocenters. The minimum Gasteiger partial charge on any atom is -0.493 e. The third-order valence-corrected chi connectivity index (χ3v) is 4.64. The Labute approximate surface area is 154 Å². The SMILES string of the molecule is Nc1ccccc1CCC(=O)Nc1ccc(OCC2CCOCC2)cc1. The third kappa shape index (κ3) is 5.49. The maximum atomic E-state index is 12.1. The van der Waals surface area contributed by atoms with Crippen molar-refractivity contribution in [1.82, 2.24) is 0 Å². The van der Waals surface area contributed by atoms with Crippen molar-refractivity contribution in [3.05, 3.63) is 54.1 Å². The van der Waals surface area contributed by atoms with Crippen LogP contribution in [0.1, 0.15) is 24.8 Å². The smallest absolute Gasteiger partial charge is 0.224 e. The molecule has 0 spiro atoms. The lowest BCUT2D eigenvalue weighted by Gasteiger charge is -2.22. The van der Waals surface area contributed by atoms with E-state index in [4.69, 9.17) is 15.2 Å². The number of para-hydroxylation sites is 1. The number of rotatable bonds is 7. The largest absolute Gasteiger partial charge is 0.493 e.